The van der Waals surface area contributed by atoms with E-state index in [-0.39, 0.29) is 5.82 Å². The van der Waals surface area contributed by atoms with Crippen LogP contribution in [0.15, 0.2) is 29.2 Å². The normalized spacial score (nSPS) is 12.6. The zero-order chi connectivity index (χ0) is 12.5. The van der Waals surface area contributed by atoms with Crippen LogP contribution in [0.2, 0.25) is 0 Å². The molecule has 1 nitrogen and oxygen atoms in total. The largest absolute Gasteiger partial charge is 0.254 e. The molecule has 0 amide bonds. The summed E-state index contributed by atoms with van der Waals surface area (Å²) in [5, 5.41) is 0. The maximum Gasteiger partial charge on any atom is 0.124 e. The van der Waals surface area contributed by atoms with E-state index in [4.69, 9.17) is 0 Å². The number of halogens is 1. The van der Waals surface area contributed by atoms with Crippen molar-refractivity contribution >= 4 is 10.8 Å². The molecule has 0 aliphatic heterocycles. The van der Waals surface area contributed by atoms with Crippen molar-refractivity contribution in [3.8, 4) is 0 Å². The Hall–Kier alpha value is -0.700. The summed E-state index contributed by atoms with van der Waals surface area (Å²) in [4.78, 5) is 0.610. The third kappa shape index (κ3) is 5.97. The van der Waals surface area contributed by atoms with E-state index in [0.29, 0.717) is 10.6 Å². The fourth-order valence-corrected chi connectivity index (χ4v) is 2.92. The Morgan fingerprint density at radius 2 is 1.82 bits per heavy atom. The minimum atomic E-state index is -1.04. The summed E-state index contributed by atoms with van der Waals surface area (Å²) in [7, 11) is -1.04. The topological polar surface area (TPSA) is 17.1 Å². The fourth-order valence-electron chi connectivity index (χ4n) is 1.74. The van der Waals surface area contributed by atoms with Crippen molar-refractivity contribution in [2.24, 2.45) is 0 Å². The second-order valence-corrected chi connectivity index (χ2v) is 5.85. The van der Waals surface area contributed by atoms with Crippen LogP contribution in [0.1, 0.15) is 45.4 Å². The number of hydrogen-bond donors (Lipinski definition) is 0. The molecule has 1 aromatic rings. The molecule has 0 fully saturated rings. The lowest BCUT2D eigenvalue weighted by molar-refractivity contribution is 0.618. The van der Waals surface area contributed by atoms with E-state index in [1.165, 1.54) is 37.8 Å². The molecule has 0 aromatic heterocycles. The van der Waals surface area contributed by atoms with Gasteiger partial charge in [-0.15, -0.1) is 0 Å². The minimum Gasteiger partial charge on any atom is -0.254 e. The van der Waals surface area contributed by atoms with Crippen LogP contribution in [0.4, 0.5) is 4.39 Å². The van der Waals surface area contributed by atoms with E-state index in [1.807, 2.05) is 0 Å². The van der Waals surface area contributed by atoms with Gasteiger partial charge in [0, 0.05) is 10.6 Å². The predicted octanol–water partition coefficient (Wildman–Crippen LogP) is 4.29. The molecule has 1 aromatic carbocycles. The van der Waals surface area contributed by atoms with Crippen LogP contribution in [0, 0.1) is 5.82 Å². The summed E-state index contributed by atoms with van der Waals surface area (Å²) in [6.45, 7) is 2.19. The lowest BCUT2D eigenvalue weighted by Gasteiger charge is -2.02. The molecule has 0 saturated carbocycles. The van der Waals surface area contributed by atoms with Crippen molar-refractivity contribution in [2.75, 3.05) is 5.75 Å². The first-order chi connectivity index (χ1) is 8.24. The molecule has 96 valence electrons. The molecule has 0 bridgehead atoms. The summed E-state index contributed by atoms with van der Waals surface area (Å²) in [6, 6.07) is 6.10. The average Bonchev–Trinajstić information content (AvgIpc) is 2.33. The van der Waals surface area contributed by atoms with E-state index in [0.717, 1.165) is 12.8 Å². The molecular weight excluding hydrogens is 235 g/mol. The highest BCUT2D eigenvalue weighted by Gasteiger charge is 2.04. The van der Waals surface area contributed by atoms with E-state index in [9.17, 15) is 8.60 Å². The van der Waals surface area contributed by atoms with Crippen molar-refractivity contribution in [1.29, 1.82) is 0 Å². The summed E-state index contributed by atoms with van der Waals surface area (Å²) < 4.78 is 24.8. The third-order valence-electron chi connectivity index (χ3n) is 2.74. The maximum absolute atomic E-state index is 12.9. The van der Waals surface area contributed by atoms with Crippen LogP contribution in [-0.4, -0.2) is 9.96 Å². The van der Waals surface area contributed by atoms with Crippen LogP contribution in [-0.2, 0) is 10.8 Å². The smallest absolute Gasteiger partial charge is 0.124 e. The van der Waals surface area contributed by atoms with Gasteiger partial charge in [-0.3, -0.25) is 4.21 Å². The standard InChI is InChI=1S/C14H21FOS/c1-2-3-4-5-6-7-11-17(16)14-10-8-9-13(15)12-14/h8-10,12H,2-7,11H2,1H3. The number of rotatable bonds is 8. The monoisotopic (exact) mass is 256 g/mol. The summed E-state index contributed by atoms with van der Waals surface area (Å²) in [5.74, 6) is 0.342. The van der Waals surface area contributed by atoms with Gasteiger partial charge in [-0.25, -0.2) is 4.39 Å². The Labute approximate surface area is 106 Å². The molecule has 0 aliphatic rings. The lowest BCUT2D eigenvalue weighted by atomic mass is 10.1. The van der Waals surface area contributed by atoms with Crippen molar-refractivity contribution < 1.29 is 8.60 Å². The lowest BCUT2D eigenvalue weighted by Crippen LogP contribution is -1.98. The van der Waals surface area contributed by atoms with Crippen molar-refractivity contribution in [2.45, 2.75) is 50.3 Å². The second-order valence-electron chi connectivity index (χ2n) is 4.27. The molecular formula is C14H21FOS. The van der Waals surface area contributed by atoms with E-state index >= 15 is 0 Å². The second kappa shape index (κ2) is 8.40. The molecule has 0 saturated heterocycles. The van der Waals surface area contributed by atoms with Gasteiger partial charge in [0.05, 0.1) is 10.8 Å². The average molecular weight is 256 g/mol. The van der Waals surface area contributed by atoms with Gasteiger partial charge in [0.25, 0.3) is 0 Å². The van der Waals surface area contributed by atoms with E-state index < -0.39 is 10.8 Å². The zero-order valence-corrected chi connectivity index (χ0v) is 11.3. The Bertz CT molecular complexity index is 352. The van der Waals surface area contributed by atoms with Gasteiger partial charge in [-0.05, 0) is 24.6 Å². The molecule has 1 atom stereocenters. The molecule has 0 N–H and O–H groups in total. The Morgan fingerprint density at radius 3 is 2.53 bits per heavy atom. The highest BCUT2D eigenvalue weighted by atomic mass is 32.2. The van der Waals surface area contributed by atoms with Crippen LogP contribution in [0.25, 0.3) is 0 Å². The molecule has 1 unspecified atom stereocenters. The van der Waals surface area contributed by atoms with Crippen LogP contribution < -0.4 is 0 Å². The van der Waals surface area contributed by atoms with E-state index in [2.05, 4.69) is 6.92 Å². The molecule has 0 aliphatic carbocycles. The van der Waals surface area contributed by atoms with Crippen molar-refractivity contribution in [1.82, 2.24) is 0 Å². The fraction of sp³-hybridized carbons (Fsp3) is 0.571. The summed E-state index contributed by atoms with van der Waals surface area (Å²) in [5.41, 5.74) is 0. The van der Waals surface area contributed by atoms with Gasteiger partial charge < -0.3 is 0 Å². The Morgan fingerprint density at radius 1 is 1.12 bits per heavy atom. The quantitative estimate of drug-likeness (QED) is 0.634. The van der Waals surface area contributed by atoms with Gasteiger partial charge in [-0.1, -0.05) is 45.1 Å². The molecule has 1 rings (SSSR count). The van der Waals surface area contributed by atoms with Gasteiger partial charge in [0.15, 0.2) is 0 Å². The molecule has 17 heavy (non-hydrogen) atoms. The third-order valence-corrected chi connectivity index (χ3v) is 4.18. The van der Waals surface area contributed by atoms with Gasteiger partial charge >= 0.3 is 0 Å². The molecule has 0 spiro atoms. The van der Waals surface area contributed by atoms with Gasteiger partial charge in [-0.2, -0.15) is 0 Å². The Balaban J connectivity index is 2.21. The number of hydrogen-bond acceptors (Lipinski definition) is 1. The van der Waals surface area contributed by atoms with Crippen LogP contribution in [0.5, 0.6) is 0 Å². The highest BCUT2D eigenvalue weighted by molar-refractivity contribution is 7.85. The minimum absolute atomic E-state index is 0.307. The van der Waals surface area contributed by atoms with Crippen molar-refractivity contribution in [3.05, 3.63) is 30.1 Å². The highest BCUT2D eigenvalue weighted by Crippen LogP contribution is 2.11. The molecule has 0 radical (unpaired) electrons. The first-order valence-electron chi connectivity index (χ1n) is 6.38. The zero-order valence-electron chi connectivity index (χ0n) is 10.5. The SMILES string of the molecule is CCCCCCCCS(=O)c1cccc(F)c1. The summed E-state index contributed by atoms with van der Waals surface area (Å²) >= 11 is 0. The number of unbranched alkanes of at least 4 members (excludes halogenated alkanes) is 5. The predicted molar refractivity (Wildman–Crippen MR) is 71.1 cm³/mol. The van der Waals surface area contributed by atoms with Crippen LogP contribution >= 0.6 is 0 Å². The van der Waals surface area contributed by atoms with Gasteiger partial charge in [0.1, 0.15) is 5.82 Å². The molecule has 0 heterocycles. The van der Waals surface area contributed by atoms with Crippen molar-refractivity contribution in [3.63, 3.8) is 0 Å². The first kappa shape index (κ1) is 14.4. The maximum atomic E-state index is 12.9. The Kier molecular flexibility index (Phi) is 7.10. The van der Waals surface area contributed by atoms with Gasteiger partial charge in [0.2, 0.25) is 0 Å². The summed E-state index contributed by atoms with van der Waals surface area (Å²) in [6.07, 6.45) is 7.10. The first-order valence-corrected chi connectivity index (χ1v) is 7.70. The number of benzene rings is 1. The van der Waals surface area contributed by atoms with Crippen LogP contribution in [0.3, 0.4) is 0 Å². The molecule has 3 heteroatoms. The van der Waals surface area contributed by atoms with E-state index in [1.54, 1.807) is 12.1 Å².